The largest absolute Gasteiger partial charge is 0.508 e. The molecule has 0 aliphatic rings. The number of carbonyl (C=O) groups excluding carboxylic acids is 1. The van der Waals surface area contributed by atoms with Crippen LogP contribution in [0.4, 0.5) is 5.95 Å². The summed E-state index contributed by atoms with van der Waals surface area (Å²) in [6.07, 6.45) is 4.28. The van der Waals surface area contributed by atoms with Crippen LogP contribution in [0.15, 0.2) is 54.2 Å². The van der Waals surface area contributed by atoms with Crippen molar-refractivity contribution in [2.45, 2.75) is 26.3 Å². The minimum absolute atomic E-state index is 0.0612. The fraction of sp³-hybridized carbons (Fsp3) is 0.217. The van der Waals surface area contributed by atoms with Crippen LogP contribution in [0.2, 0.25) is 0 Å². The molecular weight excluding hydrogens is 410 g/mol. The Morgan fingerprint density at radius 3 is 2.74 bits per heavy atom. The second-order valence-electron chi connectivity index (χ2n) is 7.36. The first kappa shape index (κ1) is 20.7. The fourth-order valence-electron chi connectivity index (χ4n) is 3.24. The monoisotopic (exact) mass is 433 g/mol. The van der Waals surface area contributed by atoms with Gasteiger partial charge in [0.05, 0.1) is 16.3 Å². The lowest BCUT2D eigenvalue weighted by atomic mass is 10.1. The first-order chi connectivity index (χ1) is 15.0. The Balaban J connectivity index is 1.49. The van der Waals surface area contributed by atoms with Crippen LogP contribution in [-0.4, -0.2) is 32.5 Å². The van der Waals surface area contributed by atoms with E-state index >= 15 is 0 Å². The fourth-order valence-corrected chi connectivity index (χ4v) is 4.06. The van der Waals surface area contributed by atoms with Crippen molar-refractivity contribution < 1.29 is 9.90 Å². The number of pyridine rings is 1. The lowest BCUT2D eigenvalue weighted by Crippen LogP contribution is -2.27. The van der Waals surface area contributed by atoms with Gasteiger partial charge in [0.25, 0.3) is 5.91 Å². The number of amides is 1. The van der Waals surface area contributed by atoms with Crippen molar-refractivity contribution in [2.75, 3.05) is 11.9 Å². The van der Waals surface area contributed by atoms with Gasteiger partial charge >= 0.3 is 0 Å². The summed E-state index contributed by atoms with van der Waals surface area (Å²) in [5.74, 6) is 0.398. The topological polar surface area (TPSA) is 100 Å². The van der Waals surface area contributed by atoms with Crippen LogP contribution in [0.25, 0.3) is 10.2 Å². The average Bonchev–Trinajstić information content (AvgIpc) is 3.23. The maximum atomic E-state index is 12.9. The van der Waals surface area contributed by atoms with Crippen LogP contribution in [0.1, 0.15) is 40.1 Å². The second kappa shape index (κ2) is 9.09. The Morgan fingerprint density at radius 1 is 1.16 bits per heavy atom. The van der Waals surface area contributed by atoms with Gasteiger partial charge in [-0.1, -0.05) is 18.2 Å². The molecule has 1 atom stereocenters. The van der Waals surface area contributed by atoms with Gasteiger partial charge in [-0.3, -0.25) is 9.78 Å². The predicted octanol–water partition coefficient (Wildman–Crippen LogP) is 4.25. The molecule has 0 saturated carbocycles. The molecule has 1 amide bonds. The van der Waals surface area contributed by atoms with Crippen molar-refractivity contribution in [1.29, 1.82) is 0 Å². The van der Waals surface area contributed by atoms with Gasteiger partial charge in [0.2, 0.25) is 5.95 Å². The average molecular weight is 434 g/mol. The van der Waals surface area contributed by atoms with E-state index in [1.54, 1.807) is 12.1 Å². The van der Waals surface area contributed by atoms with Gasteiger partial charge in [0.15, 0.2) is 5.69 Å². The molecule has 3 aromatic heterocycles. The molecule has 0 aliphatic heterocycles. The maximum Gasteiger partial charge on any atom is 0.271 e. The number of aryl methyl sites for hydroxylation is 1. The molecule has 0 fully saturated rings. The van der Waals surface area contributed by atoms with Gasteiger partial charge in [-0.15, -0.1) is 11.3 Å². The molecule has 0 unspecified atom stereocenters. The highest BCUT2D eigenvalue weighted by atomic mass is 32.1. The molecule has 31 heavy (non-hydrogen) atoms. The van der Waals surface area contributed by atoms with Gasteiger partial charge in [0, 0.05) is 18.9 Å². The Kier molecular flexibility index (Phi) is 6.08. The molecule has 0 aliphatic carbocycles. The number of anilines is 1. The zero-order valence-corrected chi connectivity index (χ0v) is 18.1. The number of aromatic hydroxyl groups is 1. The van der Waals surface area contributed by atoms with Crippen molar-refractivity contribution in [1.82, 2.24) is 20.3 Å². The molecule has 0 saturated heterocycles. The van der Waals surface area contributed by atoms with Crippen LogP contribution in [-0.2, 0) is 6.42 Å². The van der Waals surface area contributed by atoms with Gasteiger partial charge in [-0.05, 0) is 60.5 Å². The Bertz CT molecular complexity index is 1210. The first-order valence-corrected chi connectivity index (χ1v) is 10.9. The lowest BCUT2D eigenvalue weighted by Gasteiger charge is -2.15. The standard InChI is InChI=1S/C23H23N5O2S/c1-14-11-17(13-24-12-14)15(2)26-23-27-19-8-10-31-21(19)20(28-23)22(30)25-9-7-16-3-5-18(29)6-4-16/h3-6,8,10-13,15,29H,7,9H2,1-2H3,(H,25,30)(H,26,27,28)/t15-/m0/s1. The molecular formula is C23H23N5O2S. The number of nitrogens with one attached hydrogen (secondary N) is 2. The van der Waals surface area contributed by atoms with E-state index in [0.717, 1.165) is 26.9 Å². The minimum atomic E-state index is -0.235. The van der Waals surface area contributed by atoms with E-state index in [4.69, 9.17) is 0 Å². The number of phenols is 1. The zero-order valence-electron chi connectivity index (χ0n) is 17.3. The normalized spacial score (nSPS) is 11.9. The third-order valence-corrected chi connectivity index (χ3v) is 5.81. The zero-order chi connectivity index (χ0) is 21.8. The van der Waals surface area contributed by atoms with Crippen LogP contribution >= 0.6 is 11.3 Å². The van der Waals surface area contributed by atoms with E-state index < -0.39 is 0 Å². The number of phenolic OH excluding ortho intramolecular Hbond substituents is 1. The molecule has 4 rings (SSSR count). The van der Waals surface area contributed by atoms with E-state index in [2.05, 4.69) is 31.7 Å². The Hall–Kier alpha value is -3.52. The maximum absolute atomic E-state index is 12.9. The number of carbonyl (C=O) groups is 1. The van der Waals surface area contributed by atoms with Crippen LogP contribution in [0.3, 0.4) is 0 Å². The van der Waals surface area contributed by atoms with Crippen molar-refractivity contribution in [3.8, 4) is 5.75 Å². The number of hydrogen-bond acceptors (Lipinski definition) is 7. The lowest BCUT2D eigenvalue weighted by molar-refractivity contribution is 0.0951. The summed E-state index contributed by atoms with van der Waals surface area (Å²) in [6.45, 7) is 4.47. The molecule has 4 aromatic rings. The Labute approximate surface area is 184 Å². The van der Waals surface area contributed by atoms with Gasteiger partial charge in [-0.2, -0.15) is 0 Å². The number of thiophene rings is 1. The van der Waals surface area contributed by atoms with Gasteiger partial charge in [0.1, 0.15) is 5.75 Å². The molecule has 0 radical (unpaired) electrons. The molecule has 7 nitrogen and oxygen atoms in total. The molecule has 8 heteroatoms. The van der Waals surface area contributed by atoms with Gasteiger partial charge < -0.3 is 15.7 Å². The summed E-state index contributed by atoms with van der Waals surface area (Å²) < 4.78 is 0.762. The minimum Gasteiger partial charge on any atom is -0.508 e. The summed E-state index contributed by atoms with van der Waals surface area (Å²) in [4.78, 5) is 26.2. The highest BCUT2D eigenvalue weighted by Crippen LogP contribution is 2.25. The van der Waals surface area contributed by atoms with Crippen molar-refractivity contribution >= 4 is 33.4 Å². The SMILES string of the molecule is Cc1cncc([C@H](C)Nc2nc(C(=O)NCCc3ccc(O)cc3)c3sccc3n2)c1. The summed E-state index contributed by atoms with van der Waals surface area (Å²) in [7, 11) is 0. The third-order valence-electron chi connectivity index (χ3n) is 4.90. The van der Waals surface area contributed by atoms with E-state index in [1.807, 2.05) is 49.8 Å². The third kappa shape index (κ3) is 4.97. The molecule has 0 bridgehead atoms. The summed E-state index contributed by atoms with van der Waals surface area (Å²) in [6, 6.07) is 10.8. The summed E-state index contributed by atoms with van der Waals surface area (Å²) >= 11 is 1.45. The van der Waals surface area contributed by atoms with E-state index in [0.29, 0.717) is 24.6 Å². The van der Waals surface area contributed by atoms with Gasteiger partial charge in [-0.25, -0.2) is 9.97 Å². The number of fused-ring (bicyclic) bond motifs is 1. The van der Waals surface area contributed by atoms with E-state index in [1.165, 1.54) is 11.3 Å². The smallest absolute Gasteiger partial charge is 0.271 e. The number of nitrogens with zero attached hydrogens (tertiary/aromatic N) is 3. The molecule has 3 N–H and O–H groups in total. The van der Waals surface area contributed by atoms with E-state index in [9.17, 15) is 9.90 Å². The highest BCUT2D eigenvalue weighted by molar-refractivity contribution is 7.17. The molecule has 0 spiro atoms. The predicted molar refractivity (Wildman–Crippen MR) is 123 cm³/mol. The summed E-state index contributed by atoms with van der Waals surface area (Å²) in [5, 5.41) is 17.5. The number of hydrogen-bond donors (Lipinski definition) is 3. The Morgan fingerprint density at radius 2 is 1.97 bits per heavy atom. The molecule has 3 heterocycles. The second-order valence-corrected chi connectivity index (χ2v) is 8.28. The number of rotatable bonds is 7. The molecule has 158 valence electrons. The van der Waals surface area contributed by atoms with Crippen LogP contribution < -0.4 is 10.6 Å². The number of aromatic nitrogens is 3. The van der Waals surface area contributed by atoms with Crippen molar-refractivity contribution in [3.05, 3.63) is 76.6 Å². The summed E-state index contributed by atoms with van der Waals surface area (Å²) in [5.41, 5.74) is 4.23. The van der Waals surface area contributed by atoms with Crippen LogP contribution in [0, 0.1) is 6.92 Å². The quantitative estimate of drug-likeness (QED) is 0.403. The molecule has 1 aromatic carbocycles. The van der Waals surface area contributed by atoms with Crippen molar-refractivity contribution in [3.63, 3.8) is 0 Å². The van der Waals surface area contributed by atoms with E-state index in [-0.39, 0.29) is 17.7 Å². The van der Waals surface area contributed by atoms with Crippen LogP contribution in [0.5, 0.6) is 5.75 Å². The van der Waals surface area contributed by atoms with Crippen molar-refractivity contribution in [2.24, 2.45) is 0 Å². The number of benzene rings is 1. The first-order valence-electron chi connectivity index (χ1n) is 9.99. The highest BCUT2D eigenvalue weighted by Gasteiger charge is 2.17.